The molecule has 1 aliphatic rings. The summed E-state index contributed by atoms with van der Waals surface area (Å²) in [6.07, 6.45) is 5.33. The summed E-state index contributed by atoms with van der Waals surface area (Å²) in [6, 6.07) is 0. The zero-order valence-corrected chi connectivity index (χ0v) is 12.7. The molecule has 1 saturated carbocycles. The number of hydrogen-bond donors (Lipinski definition) is 2. The van der Waals surface area contributed by atoms with E-state index in [1.165, 1.54) is 6.42 Å². The van der Waals surface area contributed by atoms with Gasteiger partial charge in [-0.3, -0.25) is 4.79 Å². The number of ether oxygens (including phenoxy) is 1. The molecule has 19 heavy (non-hydrogen) atoms. The van der Waals surface area contributed by atoms with Gasteiger partial charge in [0.1, 0.15) is 5.54 Å². The van der Waals surface area contributed by atoms with E-state index in [9.17, 15) is 4.79 Å². The largest absolute Gasteiger partial charge is 0.480 e. The average Bonchev–Trinajstić information content (AvgIpc) is 2.33. The number of aliphatic carboxylic acids is 1. The van der Waals surface area contributed by atoms with E-state index in [4.69, 9.17) is 9.84 Å². The van der Waals surface area contributed by atoms with E-state index in [1.807, 2.05) is 0 Å². The van der Waals surface area contributed by atoms with E-state index in [0.717, 1.165) is 31.1 Å². The van der Waals surface area contributed by atoms with Crippen molar-refractivity contribution in [2.45, 2.75) is 64.5 Å². The van der Waals surface area contributed by atoms with E-state index >= 15 is 0 Å². The number of hydrogen-bond acceptors (Lipinski definition) is 3. The molecule has 1 rings (SSSR count). The van der Waals surface area contributed by atoms with Crippen LogP contribution in [0.5, 0.6) is 0 Å². The van der Waals surface area contributed by atoms with Crippen molar-refractivity contribution in [3.05, 3.63) is 0 Å². The predicted octanol–water partition coefficient (Wildman–Crippen LogP) is 2.67. The first-order valence-electron chi connectivity index (χ1n) is 7.41. The molecule has 0 aromatic rings. The van der Waals surface area contributed by atoms with Crippen molar-refractivity contribution < 1.29 is 14.6 Å². The number of carboxylic acid groups (broad SMARTS) is 1. The van der Waals surface area contributed by atoms with Crippen LogP contribution in [0.2, 0.25) is 0 Å². The van der Waals surface area contributed by atoms with Crippen molar-refractivity contribution in [3.8, 4) is 0 Å². The van der Waals surface area contributed by atoms with E-state index in [0.29, 0.717) is 19.1 Å². The van der Waals surface area contributed by atoms with Gasteiger partial charge in [0, 0.05) is 6.61 Å². The molecule has 0 heterocycles. The SMILES string of the molecule is CNC(C)(CCCOC1CC(C)CC(C)C1)C(=O)O. The monoisotopic (exact) mass is 271 g/mol. The van der Waals surface area contributed by atoms with Gasteiger partial charge in [0.25, 0.3) is 0 Å². The highest BCUT2D eigenvalue weighted by atomic mass is 16.5. The standard InChI is InChI=1S/C15H29NO3/c1-11-8-12(2)10-13(9-11)19-7-5-6-15(3,16-4)14(17)18/h11-13,16H,5-10H2,1-4H3,(H,17,18). The quantitative estimate of drug-likeness (QED) is 0.699. The van der Waals surface area contributed by atoms with Crippen LogP contribution in [-0.2, 0) is 9.53 Å². The van der Waals surface area contributed by atoms with Gasteiger partial charge in [-0.1, -0.05) is 13.8 Å². The van der Waals surface area contributed by atoms with Crippen molar-refractivity contribution in [3.63, 3.8) is 0 Å². The van der Waals surface area contributed by atoms with E-state index in [2.05, 4.69) is 19.2 Å². The summed E-state index contributed by atoms with van der Waals surface area (Å²) >= 11 is 0. The number of likely N-dealkylation sites (N-methyl/N-ethyl adjacent to an activating group) is 1. The fraction of sp³-hybridized carbons (Fsp3) is 0.933. The summed E-state index contributed by atoms with van der Waals surface area (Å²) in [5.41, 5.74) is -0.837. The fourth-order valence-corrected chi connectivity index (χ4v) is 3.02. The smallest absolute Gasteiger partial charge is 0.323 e. The first-order chi connectivity index (χ1) is 8.87. The molecule has 112 valence electrons. The van der Waals surface area contributed by atoms with Gasteiger partial charge in [-0.05, 0) is 57.9 Å². The highest BCUT2D eigenvalue weighted by Gasteiger charge is 2.30. The molecule has 0 amide bonds. The Balaban J connectivity index is 2.25. The van der Waals surface area contributed by atoms with Crippen LogP contribution in [0.3, 0.4) is 0 Å². The fourth-order valence-electron chi connectivity index (χ4n) is 3.02. The van der Waals surface area contributed by atoms with Crippen molar-refractivity contribution in [1.82, 2.24) is 5.32 Å². The van der Waals surface area contributed by atoms with Crippen LogP contribution in [0.4, 0.5) is 0 Å². The number of carbonyl (C=O) groups is 1. The van der Waals surface area contributed by atoms with E-state index < -0.39 is 11.5 Å². The molecule has 0 bridgehead atoms. The molecular formula is C15H29NO3. The van der Waals surface area contributed by atoms with Crippen LogP contribution in [0.25, 0.3) is 0 Å². The Labute approximate surface area is 116 Å². The van der Waals surface area contributed by atoms with Gasteiger partial charge in [-0.2, -0.15) is 0 Å². The van der Waals surface area contributed by atoms with Crippen LogP contribution < -0.4 is 5.32 Å². The summed E-state index contributed by atoms with van der Waals surface area (Å²) in [5.74, 6) is 0.695. The minimum absolute atomic E-state index is 0.365. The van der Waals surface area contributed by atoms with Crippen LogP contribution in [0.1, 0.15) is 52.9 Å². The molecule has 2 N–H and O–H groups in total. The molecule has 0 spiro atoms. The Hall–Kier alpha value is -0.610. The molecular weight excluding hydrogens is 242 g/mol. The lowest BCUT2D eigenvalue weighted by atomic mass is 9.82. The Morgan fingerprint density at radius 2 is 1.89 bits per heavy atom. The Morgan fingerprint density at radius 1 is 1.32 bits per heavy atom. The molecule has 1 aliphatic carbocycles. The van der Waals surface area contributed by atoms with Crippen LogP contribution >= 0.6 is 0 Å². The maximum Gasteiger partial charge on any atom is 0.323 e. The Bertz CT molecular complexity index is 285. The Kier molecular flexibility index (Phi) is 6.27. The molecule has 0 aliphatic heterocycles. The number of nitrogens with one attached hydrogen (secondary N) is 1. The summed E-state index contributed by atoms with van der Waals surface area (Å²) in [5, 5.41) is 12.0. The normalized spacial score (nSPS) is 30.8. The molecule has 0 aromatic heterocycles. The van der Waals surface area contributed by atoms with Gasteiger partial charge in [-0.25, -0.2) is 0 Å². The maximum atomic E-state index is 11.1. The third-order valence-electron chi connectivity index (χ3n) is 4.33. The summed E-state index contributed by atoms with van der Waals surface area (Å²) in [4.78, 5) is 11.1. The van der Waals surface area contributed by atoms with Crippen LogP contribution in [0.15, 0.2) is 0 Å². The number of rotatable bonds is 7. The lowest BCUT2D eigenvalue weighted by Gasteiger charge is -2.31. The molecule has 0 aromatic carbocycles. The van der Waals surface area contributed by atoms with Gasteiger partial charge in [0.15, 0.2) is 0 Å². The molecule has 0 radical (unpaired) electrons. The minimum atomic E-state index is -0.837. The van der Waals surface area contributed by atoms with Crippen LogP contribution in [-0.4, -0.2) is 36.4 Å². The molecule has 0 saturated heterocycles. The molecule has 3 unspecified atom stereocenters. The average molecular weight is 271 g/mol. The lowest BCUT2D eigenvalue weighted by molar-refractivity contribution is -0.144. The van der Waals surface area contributed by atoms with Crippen molar-refractivity contribution in [2.75, 3.05) is 13.7 Å². The van der Waals surface area contributed by atoms with Gasteiger partial charge in [-0.15, -0.1) is 0 Å². The first-order valence-corrected chi connectivity index (χ1v) is 7.41. The van der Waals surface area contributed by atoms with Gasteiger partial charge in [0.2, 0.25) is 0 Å². The summed E-state index contributed by atoms with van der Waals surface area (Å²) < 4.78 is 5.92. The Morgan fingerprint density at radius 3 is 2.37 bits per heavy atom. The second-order valence-electron chi connectivity index (χ2n) is 6.40. The topological polar surface area (TPSA) is 58.6 Å². The highest BCUT2D eigenvalue weighted by molar-refractivity contribution is 5.78. The molecule has 4 nitrogen and oxygen atoms in total. The maximum absolute atomic E-state index is 11.1. The summed E-state index contributed by atoms with van der Waals surface area (Å²) in [6.45, 7) is 6.96. The van der Waals surface area contributed by atoms with E-state index in [1.54, 1.807) is 14.0 Å². The van der Waals surface area contributed by atoms with E-state index in [-0.39, 0.29) is 0 Å². The zero-order valence-electron chi connectivity index (χ0n) is 12.7. The second-order valence-corrected chi connectivity index (χ2v) is 6.40. The second kappa shape index (κ2) is 7.25. The van der Waals surface area contributed by atoms with Gasteiger partial charge >= 0.3 is 5.97 Å². The minimum Gasteiger partial charge on any atom is -0.480 e. The highest BCUT2D eigenvalue weighted by Crippen LogP contribution is 2.30. The van der Waals surface area contributed by atoms with Crippen molar-refractivity contribution in [1.29, 1.82) is 0 Å². The lowest BCUT2D eigenvalue weighted by Crippen LogP contribution is -2.47. The van der Waals surface area contributed by atoms with Crippen LogP contribution in [0, 0.1) is 11.8 Å². The van der Waals surface area contributed by atoms with Gasteiger partial charge < -0.3 is 15.2 Å². The third kappa shape index (κ3) is 5.11. The summed E-state index contributed by atoms with van der Waals surface area (Å²) in [7, 11) is 1.69. The predicted molar refractivity (Wildman–Crippen MR) is 76.3 cm³/mol. The molecule has 3 atom stereocenters. The number of carboxylic acids is 1. The zero-order chi connectivity index (χ0) is 14.5. The van der Waals surface area contributed by atoms with Gasteiger partial charge in [0.05, 0.1) is 6.10 Å². The van der Waals surface area contributed by atoms with Crippen molar-refractivity contribution in [2.24, 2.45) is 11.8 Å². The first kappa shape index (κ1) is 16.4. The van der Waals surface area contributed by atoms with Crippen molar-refractivity contribution >= 4 is 5.97 Å². The molecule has 4 heteroatoms. The third-order valence-corrected chi connectivity index (χ3v) is 4.33. The molecule has 1 fully saturated rings.